The number of halogens is 2. The number of benzene rings is 1. The maximum absolute atomic E-state index is 9.97. The second-order valence-electron chi connectivity index (χ2n) is 5.15. The zero-order chi connectivity index (χ0) is 16.4. The quantitative estimate of drug-likeness (QED) is 0.553. The van der Waals surface area contributed by atoms with Crippen LogP contribution in [0.5, 0.6) is 5.88 Å². The van der Waals surface area contributed by atoms with Crippen LogP contribution >= 0.6 is 35.4 Å². The molecule has 1 aromatic carbocycles. The molecule has 23 heavy (non-hydrogen) atoms. The van der Waals surface area contributed by atoms with Crippen LogP contribution in [-0.4, -0.2) is 34.5 Å². The first-order chi connectivity index (χ1) is 11.0. The number of thiocarbonyl (C=S) groups is 1. The molecule has 2 aromatic rings. The van der Waals surface area contributed by atoms with Crippen molar-refractivity contribution in [2.75, 3.05) is 13.2 Å². The molecule has 6 nitrogen and oxygen atoms in total. The van der Waals surface area contributed by atoms with E-state index in [1.807, 2.05) is 0 Å². The van der Waals surface area contributed by atoms with Crippen LogP contribution in [-0.2, 0) is 4.74 Å². The van der Waals surface area contributed by atoms with E-state index < -0.39 is 0 Å². The summed E-state index contributed by atoms with van der Waals surface area (Å²) in [5, 5.41) is 22.5. The number of azo groups is 1. The Kier molecular flexibility index (Phi) is 5.01. The summed E-state index contributed by atoms with van der Waals surface area (Å²) in [6, 6.07) is 3.23. The van der Waals surface area contributed by atoms with Gasteiger partial charge in [0, 0.05) is 23.6 Å². The molecular formula is C14H14Cl2N4O2S. The van der Waals surface area contributed by atoms with Gasteiger partial charge in [-0.1, -0.05) is 23.2 Å². The van der Waals surface area contributed by atoms with Gasteiger partial charge in [-0.05, 0) is 37.2 Å². The van der Waals surface area contributed by atoms with E-state index in [4.69, 9.17) is 40.2 Å². The van der Waals surface area contributed by atoms with Gasteiger partial charge in [0.25, 0.3) is 0 Å². The SMILES string of the molecule is Oc1[nH]c2c(Cl)cc(Cl)cc2c1N=NC(=S)NC[C@@H]1CCCO1. The Morgan fingerprint density at radius 2 is 2.30 bits per heavy atom. The average molecular weight is 373 g/mol. The van der Waals surface area contributed by atoms with Crippen molar-refractivity contribution in [3.05, 3.63) is 22.2 Å². The summed E-state index contributed by atoms with van der Waals surface area (Å²) in [4.78, 5) is 2.75. The zero-order valence-electron chi connectivity index (χ0n) is 12.0. The first-order valence-corrected chi connectivity index (χ1v) is 8.22. The van der Waals surface area contributed by atoms with Gasteiger partial charge < -0.3 is 20.1 Å². The van der Waals surface area contributed by atoms with E-state index in [1.54, 1.807) is 12.1 Å². The second-order valence-corrected chi connectivity index (χ2v) is 6.38. The summed E-state index contributed by atoms with van der Waals surface area (Å²) in [5.41, 5.74) is 0.784. The van der Waals surface area contributed by atoms with Crippen LogP contribution in [0.4, 0.5) is 5.69 Å². The molecule has 1 fully saturated rings. The molecule has 0 saturated carbocycles. The van der Waals surface area contributed by atoms with Gasteiger partial charge in [-0.3, -0.25) is 0 Å². The molecule has 0 amide bonds. The van der Waals surface area contributed by atoms with Crippen LogP contribution < -0.4 is 5.32 Å². The van der Waals surface area contributed by atoms with Crippen molar-refractivity contribution in [1.82, 2.24) is 10.3 Å². The lowest BCUT2D eigenvalue weighted by Crippen LogP contribution is -2.29. The highest BCUT2D eigenvalue weighted by Crippen LogP contribution is 2.40. The highest BCUT2D eigenvalue weighted by Gasteiger charge is 2.16. The van der Waals surface area contributed by atoms with Crippen LogP contribution in [0.25, 0.3) is 10.9 Å². The number of H-pyrrole nitrogens is 1. The maximum Gasteiger partial charge on any atom is 0.218 e. The van der Waals surface area contributed by atoms with Crippen LogP contribution in [0.2, 0.25) is 10.0 Å². The van der Waals surface area contributed by atoms with E-state index in [0.29, 0.717) is 27.5 Å². The molecule has 0 spiro atoms. The molecule has 0 aliphatic carbocycles. The van der Waals surface area contributed by atoms with Gasteiger partial charge in [-0.2, -0.15) is 0 Å². The predicted molar refractivity (Wildman–Crippen MR) is 94.1 cm³/mol. The minimum absolute atomic E-state index is 0.144. The third kappa shape index (κ3) is 3.74. The van der Waals surface area contributed by atoms with E-state index in [2.05, 4.69) is 20.5 Å². The number of nitrogens with one attached hydrogen (secondary N) is 2. The van der Waals surface area contributed by atoms with Crippen LogP contribution in [0.15, 0.2) is 22.4 Å². The second kappa shape index (κ2) is 7.00. The molecule has 3 rings (SSSR count). The van der Waals surface area contributed by atoms with E-state index in [1.165, 1.54) is 0 Å². The van der Waals surface area contributed by atoms with Crippen LogP contribution in [0.3, 0.4) is 0 Å². The third-order valence-electron chi connectivity index (χ3n) is 3.52. The lowest BCUT2D eigenvalue weighted by molar-refractivity contribution is 0.114. The van der Waals surface area contributed by atoms with E-state index in [-0.39, 0.29) is 22.8 Å². The van der Waals surface area contributed by atoms with Gasteiger partial charge in [-0.15, -0.1) is 10.2 Å². The minimum atomic E-state index is -0.144. The molecule has 122 valence electrons. The molecule has 1 aromatic heterocycles. The first kappa shape index (κ1) is 16.4. The molecule has 9 heteroatoms. The van der Waals surface area contributed by atoms with E-state index in [0.717, 1.165) is 19.4 Å². The van der Waals surface area contributed by atoms with Crippen molar-refractivity contribution >= 4 is 57.1 Å². The van der Waals surface area contributed by atoms with Gasteiger partial charge in [0.15, 0.2) is 5.69 Å². The zero-order valence-corrected chi connectivity index (χ0v) is 14.3. The number of aromatic nitrogens is 1. The standard InChI is InChI=1S/C14H14Cl2N4O2S/c15-7-4-9-11(10(16)5-7)18-13(21)12(9)19-20-14(23)17-6-8-2-1-3-22-8/h4-5,8,18,21H,1-3,6H2,(H,17,23)/t8-/m0/s1. The van der Waals surface area contributed by atoms with Gasteiger partial charge >= 0.3 is 0 Å². The Balaban J connectivity index is 1.75. The van der Waals surface area contributed by atoms with Crippen LogP contribution in [0.1, 0.15) is 12.8 Å². The van der Waals surface area contributed by atoms with Crippen molar-refractivity contribution in [3.63, 3.8) is 0 Å². The van der Waals surface area contributed by atoms with Gasteiger partial charge in [0.2, 0.25) is 11.0 Å². The number of aromatic hydroxyl groups is 1. The number of hydrogen-bond donors (Lipinski definition) is 3. The predicted octanol–water partition coefficient (Wildman–Crippen LogP) is 4.32. The molecule has 3 N–H and O–H groups in total. The Hall–Kier alpha value is -1.41. The number of nitrogens with zero attached hydrogens (tertiary/aromatic N) is 2. The Morgan fingerprint density at radius 3 is 3.04 bits per heavy atom. The van der Waals surface area contributed by atoms with Crippen LogP contribution in [0, 0.1) is 0 Å². The summed E-state index contributed by atoms with van der Waals surface area (Å²) in [5.74, 6) is -0.144. The largest absolute Gasteiger partial charge is 0.493 e. The fourth-order valence-corrected chi connectivity index (χ4v) is 3.10. The van der Waals surface area contributed by atoms with E-state index >= 15 is 0 Å². The highest BCUT2D eigenvalue weighted by atomic mass is 35.5. The molecule has 0 unspecified atom stereocenters. The van der Waals surface area contributed by atoms with Crippen molar-refractivity contribution < 1.29 is 9.84 Å². The summed E-state index contributed by atoms with van der Waals surface area (Å²) in [6.07, 6.45) is 2.22. The summed E-state index contributed by atoms with van der Waals surface area (Å²) < 4.78 is 5.49. The number of fused-ring (bicyclic) bond motifs is 1. The van der Waals surface area contributed by atoms with Crippen molar-refractivity contribution in [2.45, 2.75) is 18.9 Å². The molecule has 0 radical (unpaired) electrons. The topological polar surface area (TPSA) is 82.0 Å². The van der Waals surface area contributed by atoms with Gasteiger partial charge in [0.05, 0.1) is 16.6 Å². The molecule has 1 aliphatic heterocycles. The van der Waals surface area contributed by atoms with Crippen molar-refractivity contribution in [1.29, 1.82) is 0 Å². The Morgan fingerprint density at radius 1 is 1.48 bits per heavy atom. The molecule has 1 aliphatic rings. The first-order valence-electron chi connectivity index (χ1n) is 7.05. The number of hydrogen-bond acceptors (Lipinski definition) is 4. The monoisotopic (exact) mass is 372 g/mol. The Bertz CT molecular complexity index is 772. The smallest absolute Gasteiger partial charge is 0.218 e. The fraction of sp³-hybridized carbons (Fsp3) is 0.357. The van der Waals surface area contributed by atoms with Gasteiger partial charge in [0.1, 0.15) is 0 Å². The summed E-state index contributed by atoms with van der Waals surface area (Å²) in [6.45, 7) is 1.38. The summed E-state index contributed by atoms with van der Waals surface area (Å²) in [7, 11) is 0. The molecular weight excluding hydrogens is 359 g/mol. The average Bonchev–Trinajstić information content (AvgIpc) is 3.11. The number of rotatable bonds is 3. The number of aromatic amines is 1. The summed E-state index contributed by atoms with van der Waals surface area (Å²) >= 11 is 17.2. The number of ether oxygens (including phenoxy) is 1. The maximum atomic E-state index is 9.97. The third-order valence-corrected chi connectivity index (χ3v) is 4.27. The van der Waals surface area contributed by atoms with Gasteiger partial charge in [-0.25, -0.2) is 0 Å². The van der Waals surface area contributed by atoms with Crippen molar-refractivity contribution in [3.8, 4) is 5.88 Å². The molecule has 1 atom stereocenters. The molecule has 1 saturated heterocycles. The minimum Gasteiger partial charge on any atom is -0.493 e. The van der Waals surface area contributed by atoms with E-state index in [9.17, 15) is 5.11 Å². The normalized spacial score (nSPS) is 18.1. The van der Waals surface area contributed by atoms with Crippen molar-refractivity contribution in [2.24, 2.45) is 10.2 Å². The molecule has 2 heterocycles. The lowest BCUT2D eigenvalue weighted by Gasteiger charge is -2.09. The lowest BCUT2D eigenvalue weighted by atomic mass is 10.2. The molecule has 0 bridgehead atoms. The Labute approximate surface area is 147 Å². The fourth-order valence-electron chi connectivity index (χ4n) is 2.43. The highest BCUT2D eigenvalue weighted by molar-refractivity contribution is 7.80.